The molecule has 1 unspecified atom stereocenters. The minimum Gasteiger partial charge on any atom is -0.392 e. The number of hydrogen-bond donors (Lipinski definition) is 1. The molecule has 0 bridgehead atoms. The quantitative estimate of drug-likeness (QED) is 0.867. The summed E-state index contributed by atoms with van der Waals surface area (Å²) in [6.45, 7) is 0. The van der Waals surface area contributed by atoms with E-state index in [0.29, 0.717) is 28.0 Å². The Kier molecular flexibility index (Phi) is 5.99. The Hall–Kier alpha value is -0.250. The van der Waals surface area contributed by atoms with Gasteiger partial charge >= 0.3 is 0 Å². The van der Waals surface area contributed by atoms with Crippen LogP contribution in [0.15, 0.2) is 18.2 Å². The largest absolute Gasteiger partial charge is 0.392 e. The number of aliphatic hydroxyl groups is 1. The van der Waals surface area contributed by atoms with Crippen LogP contribution in [0.3, 0.4) is 0 Å². The predicted molar refractivity (Wildman–Crippen MR) is 80.5 cm³/mol. The third-order valence-electron chi connectivity index (χ3n) is 3.54. The summed E-state index contributed by atoms with van der Waals surface area (Å²) in [6.07, 6.45) is 6.29. The molecule has 0 saturated heterocycles. The van der Waals surface area contributed by atoms with E-state index in [1.54, 1.807) is 6.07 Å². The zero-order valence-corrected chi connectivity index (χ0v) is 12.5. The number of halogens is 2. The first-order chi connectivity index (χ1) is 9.15. The summed E-state index contributed by atoms with van der Waals surface area (Å²) in [5.74, 6) is 0.391. The summed E-state index contributed by atoms with van der Waals surface area (Å²) in [6, 6.07) is 4.49. The molecule has 1 fully saturated rings. The van der Waals surface area contributed by atoms with E-state index in [9.17, 15) is 9.50 Å². The van der Waals surface area contributed by atoms with E-state index in [0.717, 1.165) is 0 Å². The van der Waals surface area contributed by atoms with Crippen molar-refractivity contribution in [2.75, 3.05) is 5.75 Å². The first-order valence-corrected chi connectivity index (χ1v) is 8.31. The number of benzene rings is 1. The minimum absolute atomic E-state index is 0.286. The normalized spacial score (nSPS) is 18.5. The highest BCUT2D eigenvalue weighted by Gasteiger charge is 2.16. The molecule has 4 heteroatoms. The lowest BCUT2D eigenvalue weighted by atomic mass is 10.0. The molecule has 0 heterocycles. The third kappa shape index (κ3) is 4.97. The van der Waals surface area contributed by atoms with Gasteiger partial charge in [-0.3, -0.25) is 0 Å². The van der Waals surface area contributed by atoms with Gasteiger partial charge in [0.05, 0.1) is 6.10 Å². The molecule has 1 N–H and O–H groups in total. The van der Waals surface area contributed by atoms with E-state index < -0.39 is 6.10 Å². The fourth-order valence-electron chi connectivity index (χ4n) is 2.49. The van der Waals surface area contributed by atoms with Crippen molar-refractivity contribution in [3.05, 3.63) is 34.6 Å². The van der Waals surface area contributed by atoms with Gasteiger partial charge in [-0.25, -0.2) is 4.39 Å². The highest BCUT2D eigenvalue weighted by molar-refractivity contribution is 7.99. The maximum absolute atomic E-state index is 13.5. The molecular weight excluding hydrogens is 283 g/mol. The first-order valence-electron chi connectivity index (χ1n) is 6.89. The first kappa shape index (κ1) is 15.1. The van der Waals surface area contributed by atoms with Crippen molar-refractivity contribution in [2.45, 2.75) is 49.9 Å². The molecule has 1 aromatic carbocycles. The van der Waals surface area contributed by atoms with E-state index in [-0.39, 0.29) is 5.82 Å². The van der Waals surface area contributed by atoms with Crippen molar-refractivity contribution < 1.29 is 9.50 Å². The standard InChI is InChI=1S/C15H20ClFOS/c16-12-6-7-15(17)11(8-12)9-13(18)10-19-14-4-2-1-3-5-14/h6-8,13-14,18H,1-5,9-10H2. The van der Waals surface area contributed by atoms with Crippen LogP contribution in [0.4, 0.5) is 4.39 Å². The smallest absolute Gasteiger partial charge is 0.126 e. The lowest BCUT2D eigenvalue weighted by molar-refractivity contribution is 0.198. The maximum Gasteiger partial charge on any atom is 0.126 e. The van der Waals surface area contributed by atoms with Gasteiger partial charge < -0.3 is 5.11 Å². The van der Waals surface area contributed by atoms with Crippen LogP contribution in [-0.2, 0) is 6.42 Å². The molecule has 0 aromatic heterocycles. The molecule has 2 rings (SSSR count). The summed E-state index contributed by atoms with van der Waals surface area (Å²) < 4.78 is 13.5. The lowest BCUT2D eigenvalue weighted by Gasteiger charge is -2.22. The molecule has 0 radical (unpaired) electrons. The van der Waals surface area contributed by atoms with Crippen LogP contribution in [-0.4, -0.2) is 22.2 Å². The lowest BCUT2D eigenvalue weighted by Crippen LogP contribution is -2.18. The second kappa shape index (κ2) is 7.51. The zero-order valence-electron chi connectivity index (χ0n) is 10.9. The summed E-state index contributed by atoms with van der Waals surface area (Å²) in [5, 5.41) is 11.2. The highest BCUT2D eigenvalue weighted by Crippen LogP contribution is 2.29. The van der Waals surface area contributed by atoms with Crippen LogP contribution < -0.4 is 0 Å². The van der Waals surface area contributed by atoms with Gasteiger partial charge in [-0.05, 0) is 36.6 Å². The summed E-state index contributed by atoms with van der Waals surface area (Å²) in [5.41, 5.74) is 0.504. The topological polar surface area (TPSA) is 20.2 Å². The molecule has 106 valence electrons. The molecule has 1 aliphatic rings. The van der Waals surface area contributed by atoms with Crippen molar-refractivity contribution in [3.63, 3.8) is 0 Å². The van der Waals surface area contributed by atoms with E-state index in [4.69, 9.17) is 11.6 Å². The van der Waals surface area contributed by atoms with Crippen LogP contribution in [0.5, 0.6) is 0 Å². The number of rotatable bonds is 5. The monoisotopic (exact) mass is 302 g/mol. The number of hydrogen-bond acceptors (Lipinski definition) is 2. The molecule has 0 aliphatic heterocycles. The van der Waals surface area contributed by atoms with Crippen molar-refractivity contribution in [3.8, 4) is 0 Å². The van der Waals surface area contributed by atoms with E-state index >= 15 is 0 Å². The van der Waals surface area contributed by atoms with E-state index in [1.807, 2.05) is 11.8 Å². The molecule has 1 saturated carbocycles. The molecule has 1 aliphatic carbocycles. The van der Waals surface area contributed by atoms with Gasteiger partial charge in [0.15, 0.2) is 0 Å². The van der Waals surface area contributed by atoms with E-state index in [1.165, 1.54) is 44.2 Å². The van der Waals surface area contributed by atoms with Crippen LogP contribution in [0.25, 0.3) is 0 Å². The van der Waals surface area contributed by atoms with Crippen molar-refractivity contribution in [1.82, 2.24) is 0 Å². The summed E-state index contributed by atoms with van der Waals surface area (Å²) in [4.78, 5) is 0. The van der Waals surface area contributed by atoms with Gasteiger partial charge in [-0.15, -0.1) is 0 Å². The Morgan fingerprint density at radius 1 is 1.32 bits per heavy atom. The van der Waals surface area contributed by atoms with Gasteiger partial charge in [-0.1, -0.05) is 30.9 Å². The fourth-order valence-corrected chi connectivity index (χ4v) is 3.97. The molecule has 1 nitrogen and oxygen atoms in total. The number of thioether (sulfide) groups is 1. The Labute approximate surface area is 123 Å². The second-order valence-corrected chi connectivity index (χ2v) is 6.96. The Balaban J connectivity index is 1.80. The maximum atomic E-state index is 13.5. The molecule has 1 aromatic rings. The van der Waals surface area contributed by atoms with Gasteiger partial charge in [-0.2, -0.15) is 11.8 Å². The fraction of sp³-hybridized carbons (Fsp3) is 0.600. The van der Waals surface area contributed by atoms with E-state index in [2.05, 4.69) is 0 Å². The Morgan fingerprint density at radius 3 is 2.79 bits per heavy atom. The number of aliphatic hydroxyl groups excluding tert-OH is 1. The van der Waals surface area contributed by atoms with Crippen molar-refractivity contribution >= 4 is 23.4 Å². The molecule has 0 amide bonds. The average Bonchev–Trinajstić information content (AvgIpc) is 2.42. The molecule has 1 atom stereocenters. The Bertz CT molecular complexity index is 407. The van der Waals surface area contributed by atoms with Crippen molar-refractivity contribution in [1.29, 1.82) is 0 Å². The van der Waals surface area contributed by atoms with Gasteiger partial charge in [0.25, 0.3) is 0 Å². The Morgan fingerprint density at radius 2 is 2.05 bits per heavy atom. The van der Waals surface area contributed by atoms with Crippen LogP contribution in [0.2, 0.25) is 5.02 Å². The highest BCUT2D eigenvalue weighted by atomic mass is 35.5. The van der Waals surface area contributed by atoms with Crippen LogP contribution in [0, 0.1) is 5.82 Å². The van der Waals surface area contributed by atoms with Crippen LogP contribution in [0.1, 0.15) is 37.7 Å². The van der Waals surface area contributed by atoms with Crippen LogP contribution >= 0.6 is 23.4 Å². The average molecular weight is 303 g/mol. The second-order valence-electron chi connectivity index (χ2n) is 5.19. The molecular formula is C15H20ClFOS. The SMILES string of the molecule is OC(CSC1CCCCC1)Cc1cc(Cl)ccc1F. The predicted octanol–water partition coefficient (Wildman–Crippen LogP) is 4.45. The van der Waals surface area contributed by atoms with Gasteiger partial charge in [0.1, 0.15) is 5.82 Å². The third-order valence-corrected chi connectivity index (χ3v) is 5.29. The van der Waals surface area contributed by atoms with Crippen molar-refractivity contribution in [2.24, 2.45) is 0 Å². The molecule has 0 spiro atoms. The summed E-state index contributed by atoms with van der Waals surface area (Å²) in [7, 11) is 0. The van der Waals surface area contributed by atoms with Gasteiger partial charge in [0.2, 0.25) is 0 Å². The van der Waals surface area contributed by atoms with Gasteiger partial charge in [0, 0.05) is 22.4 Å². The minimum atomic E-state index is -0.500. The summed E-state index contributed by atoms with van der Waals surface area (Å²) >= 11 is 7.67. The molecule has 19 heavy (non-hydrogen) atoms. The zero-order chi connectivity index (χ0) is 13.7.